The minimum atomic E-state index is -0.719. The van der Waals surface area contributed by atoms with Crippen LogP contribution in [-0.2, 0) is 9.53 Å². The molecule has 0 aromatic rings. The van der Waals surface area contributed by atoms with Crippen molar-refractivity contribution in [3.8, 4) is 6.07 Å². The number of carbonyl (C=O) groups is 1. The van der Waals surface area contributed by atoms with Gasteiger partial charge in [0, 0.05) is 12.2 Å². The van der Waals surface area contributed by atoms with Gasteiger partial charge in [0.25, 0.3) is 0 Å². The molecule has 0 aromatic heterocycles. The summed E-state index contributed by atoms with van der Waals surface area (Å²) in [6.07, 6.45) is 0. The number of hydrogen-bond donors (Lipinski definition) is 2. The zero-order valence-corrected chi connectivity index (χ0v) is 6.83. The molecule has 0 aliphatic rings. The minimum absolute atomic E-state index is 0.0261. The van der Waals surface area contributed by atoms with E-state index in [-0.39, 0.29) is 24.4 Å². The first kappa shape index (κ1) is 10.5. The summed E-state index contributed by atoms with van der Waals surface area (Å²) in [6, 6.07) is 1.64. The Bertz CT molecular complexity index is 240. The van der Waals surface area contributed by atoms with Crippen LogP contribution in [-0.4, -0.2) is 19.1 Å². The minimum Gasteiger partial charge on any atom is -0.462 e. The van der Waals surface area contributed by atoms with Crippen LogP contribution >= 0.6 is 0 Å². The predicted molar refractivity (Wildman–Crippen MR) is 42.5 cm³/mol. The van der Waals surface area contributed by atoms with Crippen molar-refractivity contribution < 1.29 is 9.53 Å². The molecular weight excluding hydrogens is 158 g/mol. The fourth-order valence-electron chi connectivity index (χ4n) is 0.554. The van der Waals surface area contributed by atoms with Crippen molar-refractivity contribution in [2.75, 3.05) is 13.2 Å². The molecule has 0 fully saturated rings. The van der Waals surface area contributed by atoms with Crippen LogP contribution in [0.3, 0.4) is 0 Å². The van der Waals surface area contributed by atoms with Gasteiger partial charge in [0.15, 0.2) is 5.57 Å². The van der Waals surface area contributed by atoms with Gasteiger partial charge in [-0.2, -0.15) is 5.26 Å². The summed E-state index contributed by atoms with van der Waals surface area (Å²) >= 11 is 0. The summed E-state index contributed by atoms with van der Waals surface area (Å²) in [4.78, 5) is 10.9. The zero-order chi connectivity index (χ0) is 9.56. The standard InChI is InChI=1S/C7H11N3O2/c1-2-12-7(11)5(3-8)6(10)4-9/h2,4,9-10H2,1H3/b6-5-. The van der Waals surface area contributed by atoms with E-state index in [4.69, 9.17) is 16.7 Å². The van der Waals surface area contributed by atoms with Crippen LogP contribution in [0.2, 0.25) is 0 Å². The summed E-state index contributed by atoms with van der Waals surface area (Å²) in [5.74, 6) is -0.719. The van der Waals surface area contributed by atoms with E-state index in [0.717, 1.165) is 0 Å². The highest BCUT2D eigenvalue weighted by atomic mass is 16.5. The van der Waals surface area contributed by atoms with Gasteiger partial charge < -0.3 is 16.2 Å². The van der Waals surface area contributed by atoms with E-state index in [1.54, 1.807) is 13.0 Å². The Hall–Kier alpha value is -1.54. The van der Waals surface area contributed by atoms with Crippen molar-refractivity contribution in [2.24, 2.45) is 11.5 Å². The number of rotatable bonds is 3. The van der Waals surface area contributed by atoms with Crippen LogP contribution in [0.25, 0.3) is 0 Å². The molecule has 0 heterocycles. The third kappa shape index (κ3) is 2.60. The summed E-state index contributed by atoms with van der Waals surface area (Å²) in [5.41, 5.74) is 10.3. The third-order valence-electron chi connectivity index (χ3n) is 1.13. The highest BCUT2D eigenvalue weighted by Gasteiger charge is 2.12. The first-order valence-electron chi connectivity index (χ1n) is 3.43. The van der Waals surface area contributed by atoms with E-state index in [1.165, 1.54) is 0 Å². The Morgan fingerprint density at radius 1 is 1.67 bits per heavy atom. The molecule has 5 nitrogen and oxygen atoms in total. The molecule has 0 aliphatic carbocycles. The van der Waals surface area contributed by atoms with Crippen LogP contribution in [0.1, 0.15) is 6.92 Å². The van der Waals surface area contributed by atoms with Gasteiger partial charge >= 0.3 is 5.97 Å². The van der Waals surface area contributed by atoms with Crippen molar-refractivity contribution in [2.45, 2.75) is 6.92 Å². The molecule has 66 valence electrons. The maximum atomic E-state index is 10.9. The second kappa shape index (κ2) is 5.16. The number of nitrogens with two attached hydrogens (primary N) is 2. The molecule has 0 rings (SSSR count). The Kier molecular flexibility index (Phi) is 4.49. The van der Waals surface area contributed by atoms with Crippen molar-refractivity contribution >= 4 is 5.97 Å². The number of hydrogen-bond acceptors (Lipinski definition) is 5. The molecule has 0 unspecified atom stereocenters. The third-order valence-corrected chi connectivity index (χ3v) is 1.13. The van der Waals surface area contributed by atoms with Crippen molar-refractivity contribution in [1.29, 1.82) is 5.26 Å². The molecule has 0 spiro atoms. The smallest absolute Gasteiger partial charge is 0.350 e. The zero-order valence-electron chi connectivity index (χ0n) is 6.83. The van der Waals surface area contributed by atoms with Crippen molar-refractivity contribution in [3.05, 3.63) is 11.3 Å². The fourth-order valence-corrected chi connectivity index (χ4v) is 0.554. The maximum absolute atomic E-state index is 10.9. The molecule has 0 saturated heterocycles. The van der Waals surface area contributed by atoms with Gasteiger partial charge in [-0.3, -0.25) is 0 Å². The quantitative estimate of drug-likeness (QED) is 0.328. The highest BCUT2D eigenvalue weighted by molar-refractivity contribution is 5.93. The average Bonchev–Trinajstić information content (AvgIpc) is 2.06. The van der Waals surface area contributed by atoms with E-state index >= 15 is 0 Å². The Morgan fingerprint density at radius 2 is 2.25 bits per heavy atom. The van der Waals surface area contributed by atoms with E-state index in [0.29, 0.717) is 0 Å². The molecule has 0 aromatic carbocycles. The SMILES string of the molecule is CCOC(=O)/C(C#N)=C(\N)CN. The van der Waals surface area contributed by atoms with E-state index in [1.807, 2.05) is 0 Å². The number of nitriles is 1. The molecule has 0 amide bonds. The van der Waals surface area contributed by atoms with Crippen LogP contribution < -0.4 is 11.5 Å². The Balaban J connectivity index is 4.59. The van der Waals surface area contributed by atoms with Gasteiger partial charge in [-0.05, 0) is 6.92 Å². The Labute approximate surface area is 70.6 Å². The van der Waals surface area contributed by atoms with Crippen LogP contribution in [0, 0.1) is 11.3 Å². The lowest BCUT2D eigenvalue weighted by atomic mass is 10.2. The molecule has 0 aliphatic heterocycles. The summed E-state index contributed by atoms with van der Waals surface area (Å²) in [7, 11) is 0. The number of nitrogens with zero attached hydrogens (tertiary/aromatic N) is 1. The van der Waals surface area contributed by atoms with Gasteiger partial charge in [0.05, 0.1) is 6.61 Å². The van der Waals surface area contributed by atoms with E-state index in [2.05, 4.69) is 4.74 Å². The molecule has 0 saturated carbocycles. The van der Waals surface area contributed by atoms with Gasteiger partial charge in [-0.15, -0.1) is 0 Å². The van der Waals surface area contributed by atoms with E-state index in [9.17, 15) is 4.79 Å². The molecule has 12 heavy (non-hydrogen) atoms. The van der Waals surface area contributed by atoms with Crippen molar-refractivity contribution in [1.82, 2.24) is 0 Å². The van der Waals surface area contributed by atoms with E-state index < -0.39 is 5.97 Å². The highest BCUT2D eigenvalue weighted by Crippen LogP contribution is 1.99. The lowest BCUT2D eigenvalue weighted by molar-refractivity contribution is -0.138. The summed E-state index contributed by atoms with van der Waals surface area (Å²) in [5, 5.41) is 8.48. The predicted octanol–water partition coefficient (Wildman–Crippen LogP) is -0.755. The summed E-state index contributed by atoms with van der Waals surface area (Å²) < 4.78 is 4.56. The second-order valence-electron chi connectivity index (χ2n) is 1.94. The Morgan fingerprint density at radius 3 is 2.58 bits per heavy atom. The summed E-state index contributed by atoms with van der Waals surface area (Å²) in [6.45, 7) is 1.83. The largest absolute Gasteiger partial charge is 0.462 e. The fraction of sp³-hybridized carbons (Fsp3) is 0.429. The van der Waals surface area contributed by atoms with Gasteiger partial charge in [-0.1, -0.05) is 0 Å². The second-order valence-corrected chi connectivity index (χ2v) is 1.94. The maximum Gasteiger partial charge on any atom is 0.350 e. The van der Waals surface area contributed by atoms with Crippen LogP contribution in [0.5, 0.6) is 0 Å². The molecule has 0 radical (unpaired) electrons. The van der Waals surface area contributed by atoms with Gasteiger partial charge in [0.2, 0.25) is 0 Å². The van der Waals surface area contributed by atoms with Crippen molar-refractivity contribution in [3.63, 3.8) is 0 Å². The number of ether oxygens (including phenoxy) is 1. The first-order valence-corrected chi connectivity index (χ1v) is 3.43. The topological polar surface area (TPSA) is 102 Å². The van der Waals surface area contributed by atoms with Crippen LogP contribution in [0.4, 0.5) is 0 Å². The lowest BCUT2D eigenvalue weighted by Gasteiger charge is -2.01. The molecule has 0 bridgehead atoms. The van der Waals surface area contributed by atoms with Gasteiger partial charge in [-0.25, -0.2) is 4.79 Å². The van der Waals surface area contributed by atoms with Crippen LogP contribution in [0.15, 0.2) is 11.3 Å². The lowest BCUT2D eigenvalue weighted by Crippen LogP contribution is -2.19. The average molecular weight is 169 g/mol. The monoisotopic (exact) mass is 169 g/mol. The molecule has 0 atom stereocenters. The number of esters is 1. The molecule has 4 N–H and O–H groups in total. The van der Waals surface area contributed by atoms with Gasteiger partial charge in [0.1, 0.15) is 6.07 Å². The normalized spacial score (nSPS) is 11.4. The number of carbonyl (C=O) groups excluding carboxylic acids is 1. The molecule has 5 heteroatoms. The first-order chi connectivity index (χ1) is 5.67. The molecular formula is C7H11N3O2.